The number of aromatic nitrogens is 2. The van der Waals surface area contributed by atoms with Crippen molar-refractivity contribution in [3.8, 4) is 11.5 Å². The summed E-state index contributed by atoms with van der Waals surface area (Å²) in [5, 5.41) is 95.6. The van der Waals surface area contributed by atoms with Crippen LogP contribution in [0.3, 0.4) is 0 Å². The fourth-order valence-corrected chi connectivity index (χ4v) is 14.0. The number of nitrogens with one attached hydrogen (secondary N) is 20. The Labute approximate surface area is 741 Å². The van der Waals surface area contributed by atoms with E-state index in [1.807, 2.05) is 0 Å². The number of aromatic hydroxyl groups is 2. The number of phenolic OH excluding ortho intramolecular Hbond substituents is 2. The van der Waals surface area contributed by atoms with E-state index in [0.717, 1.165) is 13.3 Å². The maximum Gasteiger partial charge on any atom is 0.246 e. The van der Waals surface area contributed by atoms with Gasteiger partial charge in [0.1, 0.15) is 89.5 Å². The van der Waals surface area contributed by atoms with E-state index in [1.54, 1.807) is 41.5 Å². The molecular weight excluding hydrogens is 1670 g/mol. The number of guanidine groups is 3. The van der Waals surface area contributed by atoms with Gasteiger partial charge in [0, 0.05) is 64.1 Å². The molecule has 13 atom stereocenters. The molecule has 0 bridgehead atoms. The third kappa shape index (κ3) is 39.4. The fourth-order valence-electron chi connectivity index (χ4n) is 14.0. The molecular formula is C82H131N27O19. The van der Waals surface area contributed by atoms with Gasteiger partial charge >= 0.3 is 0 Å². The Bertz CT molecular complexity index is 4280. The first-order valence-corrected chi connectivity index (χ1v) is 42.5. The van der Waals surface area contributed by atoms with Gasteiger partial charge in [-0.25, -0.2) is 4.98 Å². The lowest BCUT2D eigenvalue weighted by Crippen LogP contribution is -2.63. The van der Waals surface area contributed by atoms with Crippen LogP contribution in [-0.2, 0) is 96.0 Å². The Hall–Kier alpha value is -13.5. The number of nitrogens with two attached hydrogens (primary N) is 6. The number of aliphatic hydroxyl groups excluding tert-OH is 1. The molecule has 0 saturated heterocycles. The summed E-state index contributed by atoms with van der Waals surface area (Å²) in [6.45, 7) is 12.5. The van der Waals surface area contributed by atoms with Gasteiger partial charge in [-0.2, -0.15) is 0 Å². The minimum Gasteiger partial charge on any atom is -0.508 e. The first-order chi connectivity index (χ1) is 60.2. The average Bonchev–Trinajstić information content (AvgIpc) is 1.54. The maximum atomic E-state index is 15.0. The summed E-state index contributed by atoms with van der Waals surface area (Å²) in [6.07, 6.45) is -0.0678. The Morgan fingerprint density at radius 2 is 0.750 bits per heavy atom. The number of aliphatic hydroxyl groups is 1. The second-order valence-electron chi connectivity index (χ2n) is 33.1. The molecule has 0 spiro atoms. The van der Waals surface area contributed by atoms with E-state index in [0.29, 0.717) is 29.7 Å². The van der Waals surface area contributed by atoms with Gasteiger partial charge in [-0.05, 0) is 137 Å². The molecule has 46 heteroatoms. The molecule has 0 aliphatic heterocycles. The van der Waals surface area contributed by atoms with Gasteiger partial charge in [-0.3, -0.25) is 92.9 Å². The second-order valence-corrected chi connectivity index (χ2v) is 33.1. The number of amides is 16. The van der Waals surface area contributed by atoms with Crippen molar-refractivity contribution < 1.29 is 92.0 Å². The van der Waals surface area contributed by atoms with Crippen LogP contribution in [0.15, 0.2) is 61.1 Å². The van der Waals surface area contributed by atoms with E-state index >= 15 is 0 Å². The van der Waals surface area contributed by atoms with Crippen molar-refractivity contribution in [3.05, 3.63) is 77.9 Å². The number of nitrogens with zero attached hydrogens (tertiary/aromatic N) is 1. The summed E-state index contributed by atoms with van der Waals surface area (Å²) in [6, 6.07) is -8.09. The largest absolute Gasteiger partial charge is 0.508 e. The molecule has 1 heterocycles. The fraction of sp³-hybridized carbons (Fsp3) is 0.585. The number of carbonyl (C=O) groups excluding carboxylic acids is 16. The van der Waals surface area contributed by atoms with Crippen LogP contribution in [0.2, 0.25) is 0 Å². The molecule has 1 fully saturated rings. The number of aromatic amines is 1. The molecule has 4 rings (SSSR count). The number of H-pyrrole nitrogens is 1. The van der Waals surface area contributed by atoms with Crippen molar-refractivity contribution in [3.63, 3.8) is 0 Å². The Kier molecular flexibility index (Phi) is 44.9. The van der Waals surface area contributed by atoms with Crippen LogP contribution in [-0.4, -0.2) is 241 Å². The van der Waals surface area contributed by atoms with Crippen molar-refractivity contribution in [1.29, 1.82) is 16.2 Å². The van der Waals surface area contributed by atoms with E-state index in [4.69, 9.17) is 50.6 Å². The molecule has 0 unspecified atom stereocenters. The van der Waals surface area contributed by atoms with Crippen LogP contribution >= 0.6 is 0 Å². The summed E-state index contributed by atoms with van der Waals surface area (Å²) in [5.74, 6) is -18.3. The van der Waals surface area contributed by atoms with Crippen LogP contribution in [0.4, 0.5) is 0 Å². The summed E-state index contributed by atoms with van der Waals surface area (Å²) >= 11 is 0. The summed E-state index contributed by atoms with van der Waals surface area (Å²) < 4.78 is 0. The topological polar surface area (TPSA) is 783 Å². The quantitative estimate of drug-likeness (QED) is 0.0142. The van der Waals surface area contributed by atoms with Crippen molar-refractivity contribution in [2.24, 2.45) is 52.2 Å². The maximum absolute atomic E-state index is 15.0. The second kappa shape index (κ2) is 53.8. The van der Waals surface area contributed by atoms with Crippen LogP contribution in [0, 0.1) is 34.0 Å². The van der Waals surface area contributed by atoms with Crippen LogP contribution in [0.1, 0.15) is 181 Å². The normalized spacial score (nSPS) is 15.2. The van der Waals surface area contributed by atoms with Gasteiger partial charge in [0.25, 0.3) is 0 Å². The highest BCUT2D eigenvalue weighted by Crippen LogP contribution is 2.29. The molecule has 1 saturated carbocycles. The lowest BCUT2D eigenvalue weighted by molar-refractivity contribution is -0.138. The van der Waals surface area contributed by atoms with Crippen molar-refractivity contribution in [2.45, 2.75) is 268 Å². The predicted molar refractivity (Wildman–Crippen MR) is 468 cm³/mol. The SMILES string of the molecule is CC(=O)NC1(C(=O)N[C@@H](CCCNC(=N)N)C(=O)N[C@@H](Cc2cnc[nH]2)C(=O)N[C@@H](Cc2ccc(O)cc2)C(=O)N[C@@H](CC(C)C)C(=O)N[C@@H](CC(N)=O)C(=O)N[C@@H](CC(C)C)C(=O)N[C@@H](CC(C)C)C(=O)N[C@H](C(=O)N[C@@H](CCCNC(=N)N)C(=O)N[C@@H](CCC(N)=O)C(=O)N[C@@H](CCCNC(=N)N)C(=O)N[C@@H](Cc2ccc(O)cc2)C(N)=O)[C@@H](C)O)CCCCC1. The Morgan fingerprint density at radius 3 is 1.12 bits per heavy atom. The van der Waals surface area contributed by atoms with Gasteiger partial charge < -0.3 is 140 Å². The molecule has 46 nitrogen and oxygen atoms in total. The number of phenols is 2. The first kappa shape index (κ1) is 107. The minimum atomic E-state index is -1.94. The highest BCUT2D eigenvalue weighted by Gasteiger charge is 2.44. The van der Waals surface area contributed by atoms with Crippen LogP contribution in [0.25, 0.3) is 0 Å². The third-order valence-corrected chi connectivity index (χ3v) is 20.5. The van der Waals surface area contributed by atoms with E-state index in [9.17, 15) is 92.0 Å². The number of benzene rings is 2. The monoisotopic (exact) mass is 1800 g/mol. The predicted octanol–water partition coefficient (Wildman–Crippen LogP) is -5.56. The van der Waals surface area contributed by atoms with E-state index in [-0.39, 0.29) is 127 Å². The number of primary amides is 3. The highest BCUT2D eigenvalue weighted by molar-refractivity contribution is 6.01. The molecule has 1 aliphatic carbocycles. The lowest BCUT2D eigenvalue weighted by atomic mass is 9.80. The third-order valence-electron chi connectivity index (χ3n) is 20.5. The zero-order valence-corrected chi connectivity index (χ0v) is 73.6. The molecule has 16 amide bonds. The first-order valence-electron chi connectivity index (χ1n) is 42.5. The van der Waals surface area contributed by atoms with E-state index < -0.39 is 228 Å². The number of hydrogen-bond acceptors (Lipinski definition) is 23. The molecule has 1 aromatic heterocycles. The lowest BCUT2D eigenvalue weighted by Gasteiger charge is -2.37. The van der Waals surface area contributed by atoms with Gasteiger partial charge in [-0.15, -0.1) is 0 Å². The Balaban J connectivity index is 1.64. The van der Waals surface area contributed by atoms with E-state index in [1.165, 1.54) is 68.0 Å². The minimum absolute atomic E-state index is 0.0172. The highest BCUT2D eigenvalue weighted by atomic mass is 16.3. The smallest absolute Gasteiger partial charge is 0.246 e. The summed E-state index contributed by atoms with van der Waals surface area (Å²) in [4.78, 5) is 233. The standard InChI is InChI=1S/C82H131N27O19/c1-42(2)33-57(71(121)103-59(35-44(5)6)76(126)108-65(45(7)110)77(127)99-53(16-13-31-94-80(88)89)67(117)98-55(26-27-63(83)114)70(120)97-52(15-12-30-93-79(86)87)68(118)100-56(66(85)116)36-47-18-22-50(112)23-19-47)102-75(125)62(39-64(84)115)106-72(122)58(34-43(3)4)101-73(123)60(37-48-20-24-51(113)25-21-48)104-74(124)61(38-49-40-92-41-96-49)105-69(119)54(17-14-32-95-81(90)91)107-78(128)82(109-46(8)111)28-10-9-11-29-82/h18-25,40-45,52-62,65,110,112-113H,9-17,26-39H2,1-8H3,(H2,83,114)(H2,84,115)(H2,85,116)(H,92,96)(H,97,120)(H,98,117)(H,99,127)(H,100,118)(H,101,123)(H,102,125)(H,103,121)(H,104,124)(H,105,119)(H,106,122)(H,107,128)(H,108,126)(H,109,111)(H4,86,87,93)(H4,88,89,94)(H4,90,91,95)/t45-,52+,53+,54+,55+,56+,57+,58+,59+,60+,61+,62+,65+/m1/s1. The zero-order chi connectivity index (χ0) is 95.7. The van der Waals surface area contributed by atoms with Crippen LogP contribution in [0.5, 0.6) is 11.5 Å². The molecule has 128 heavy (non-hydrogen) atoms. The van der Waals surface area contributed by atoms with Gasteiger partial charge in [0.15, 0.2) is 17.9 Å². The molecule has 1 aliphatic rings. The van der Waals surface area contributed by atoms with Crippen LogP contribution < -0.4 is 119 Å². The van der Waals surface area contributed by atoms with E-state index in [2.05, 4.69) is 95.0 Å². The molecule has 2 aromatic carbocycles. The molecule has 0 radical (unpaired) electrons. The zero-order valence-electron chi connectivity index (χ0n) is 73.6. The van der Waals surface area contributed by atoms with Gasteiger partial charge in [0.05, 0.1) is 18.9 Å². The summed E-state index contributed by atoms with van der Waals surface area (Å²) in [7, 11) is 0. The van der Waals surface area contributed by atoms with Crippen molar-refractivity contribution in [2.75, 3.05) is 19.6 Å². The van der Waals surface area contributed by atoms with Crippen molar-refractivity contribution in [1.82, 2.24) is 95.0 Å². The van der Waals surface area contributed by atoms with Gasteiger partial charge in [0.2, 0.25) is 94.5 Å². The number of rotatable bonds is 56. The average molecular weight is 1800 g/mol. The van der Waals surface area contributed by atoms with Gasteiger partial charge in [-0.1, -0.05) is 85.1 Å². The molecule has 708 valence electrons. The summed E-state index contributed by atoms with van der Waals surface area (Å²) in [5.41, 5.74) is 33.2. The number of hydrogen-bond donors (Lipinski definition) is 29. The molecule has 35 N–H and O–H groups in total. The van der Waals surface area contributed by atoms with Crippen molar-refractivity contribution >= 4 is 112 Å². The Morgan fingerprint density at radius 1 is 0.414 bits per heavy atom. The number of imidazole rings is 1. The number of carbonyl (C=O) groups is 16. The molecule has 3 aromatic rings.